The van der Waals surface area contributed by atoms with Crippen LogP contribution >= 0.6 is 0 Å². The lowest BCUT2D eigenvalue weighted by Gasteiger charge is -2.37. The van der Waals surface area contributed by atoms with Crippen LogP contribution in [-0.2, 0) is 17.5 Å². The minimum absolute atomic E-state index is 0.148. The first-order valence-electron chi connectivity index (χ1n) is 5.96. The summed E-state index contributed by atoms with van der Waals surface area (Å²) < 4.78 is 42.7. The van der Waals surface area contributed by atoms with Gasteiger partial charge in [-0.05, 0) is 45.4 Å². The Kier molecular flexibility index (Phi) is 4.32. The first-order valence-corrected chi connectivity index (χ1v) is 5.96. The van der Waals surface area contributed by atoms with Crippen molar-refractivity contribution in [3.8, 4) is 0 Å². The van der Waals surface area contributed by atoms with Gasteiger partial charge in [-0.1, -0.05) is 12.1 Å². The summed E-state index contributed by atoms with van der Waals surface area (Å²) in [6.07, 6.45) is -4.33. The molecule has 0 aliphatic carbocycles. The maximum Gasteiger partial charge on any atom is 0.416 e. The van der Waals surface area contributed by atoms with Crippen molar-refractivity contribution in [1.29, 1.82) is 0 Å². The number of aliphatic hydroxyl groups is 1. The highest BCUT2D eigenvalue weighted by atomic mass is 19.4. The molecule has 0 fully saturated rings. The fraction of sp³-hybridized carbons (Fsp3) is 0.571. The minimum Gasteiger partial charge on any atom is -0.387 e. The van der Waals surface area contributed by atoms with Crippen molar-refractivity contribution in [2.45, 2.75) is 51.7 Å². The van der Waals surface area contributed by atoms with E-state index in [0.717, 1.165) is 12.1 Å². The Balaban J connectivity index is 2.70. The molecular formula is C14H19F3O2. The summed E-state index contributed by atoms with van der Waals surface area (Å²) in [5, 5.41) is 9.90. The van der Waals surface area contributed by atoms with Crippen LogP contribution in [0.15, 0.2) is 24.3 Å². The molecule has 5 heteroatoms. The van der Waals surface area contributed by atoms with Crippen LogP contribution < -0.4 is 0 Å². The highest BCUT2D eigenvalue weighted by molar-refractivity contribution is 5.24. The van der Waals surface area contributed by atoms with Crippen LogP contribution in [0, 0.1) is 0 Å². The number of benzene rings is 1. The third kappa shape index (κ3) is 4.21. The number of hydrogen-bond donors (Lipinski definition) is 1. The van der Waals surface area contributed by atoms with Crippen molar-refractivity contribution in [1.82, 2.24) is 0 Å². The van der Waals surface area contributed by atoms with E-state index < -0.39 is 22.9 Å². The standard InChI is InChI=1S/C14H19F3O2/c1-12(2,18)13(3,4)19-9-10-5-7-11(8-6-10)14(15,16)17/h5-8,18H,9H2,1-4H3. The number of alkyl halides is 3. The molecule has 108 valence electrons. The molecular weight excluding hydrogens is 257 g/mol. The van der Waals surface area contributed by atoms with Crippen LogP contribution in [0.25, 0.3) is 0 Å². The van der Waals surface area contributed by atoms with Gasteiger partial charge < -0.3 is 9.84 Å². The molecule has 0 aliphatic heterocycles. The SMILES string of the molecule is CC(C)(O)C(C)(C)OCc1ccc(C(F)(F)F)cc1. The van der Waals surface area contributed by atoms with E-state index in [1.165, 1.54) is 12.1 Å². The molecule has 0 radical (unpaired) electrons. The van der Waals surface area contributed by atoms with Gasteiger partial charge in [0.1, 0.15) is 0 Å². The molecule has 0 heterocycles. The number of ether oxygens (including phenoxy) is 1. The van der Waals surface area contributed by atoms with Gasteiger partial charge in [0.15, 0.2) is 0 Å². The predicted molar refractivity (Wildman–Crippen MR) is 66.6 cm³/mol. The third-order valence-electron chi connectivity index (χ3n) is 3.35. The molecule has 0 atom stereocenters. The van der Waals surface area contributed by atoms with E-state index >= 15 is 0 Å². The molecule has 0 bridgehead atoms. The van der Waals surface area contributed by atoms with E-state index in [1.807, 2.05) is 0 Å². The van der Waals surface area contributed by atoms with E-state index in [0.29, 0.717) is 5.56 Å². The van der Waals surface area contributed by atoms with E-state index in [4.69, 9.17) is 4.74 Å². The lowest BCUT2D eigenvalue weighted by molar-refractivity contribution is -0.154. The molecule has 0 aromatic heterocycles. The summed E-state index contributed by atoms with van der Waals surface area (Å²) in [5.41, 5.74) is -1.89. The molecule has 1 N–H and O–H groups in total. The van der Waals surface area contributed by atoms with Gasteiger partial charge in [0.25, 0.3) is 0 Å². The first kappa shape index (κ1) is 16.0. The van der Waals surface area contributed by atoms with Crippen molar-refractivity contribution in [2.75, 3.05) is 0 Å². The van der Waals surface area contributed by atoms with Crippen LogP contribution in [-0.4, -0.2) is 16.3 Å². The zero-order valence-electron chi connectivity index (χ0n) is 11.5. The molecule has 0 aliphatic rings. The summed E-state index contributed by atoms with van der Waals surface area (Å²) in [7, 11) is 0. The lowest BCUT2D eigenvalue weighted by atomic mass is 9.89. The summed E-state index contributed by atoms with van der Waals surface area (Å²) >= 11 is 0. The van der Waals surface area contributed by atoms with Gasteiger partial charge in [0.05, 0.1) is 23.4 Å². The van der Waals surface area contributed by atoms with Gasteiger partial charge >= 0.3 is 6.18 Å². The summed E-state index contributed by atoms with van der Waals surface area (Å²) in [6, 6.07) is 4.80. The Morgan fingerprint density at radius 2 is 1.47 bits per heavy atom. The van der Waals surface area contributed by atoms with Gasteiger partial charge in [-0.2, -0.15) is 13.2 Å². The quantitative estimate of drug-likeness (QED) is 0.907. The van der Waals surface area contributed by atoms with Crippen molar-refractivity contribution in [3.05, 3.63) is 35.4 Å². The van der Waals surface area contributed by atoms with E-state index in [-0.39, 0.29) is 6.61 Å². The molecule has 0 saturated heterocycles. The second-order valence-electron chi connectivity index (χ2n) is 5.55. The molecule has 1 aromatic carbocycles. The van der Waals surface area contributed by atoms with Crippen molar-refractivity contribution < 1.29 is 23.0 Å². The van der Waals surface area contributed by atoms with Gasteiger partial charge in [-0.15, -0.1) is 0 Å². The monoisotopic (exact) mass is 276 g/mol. The molecule has 2 nitrogen and oxygen atoms in total. The summed E-state index contributed by atoms with van der Waals surface area (Å²) in [5.74, 6) is 0. The maximum absolute atomic E-state index is 12.4. The molecule has 1 rings (SSSR count). The van der Waals surface area contributed by atoms with Gasteiger partial charge in [0.2, 0.25) is 0 Å². The average Bonchev–Trinajstić information content (AvgIpc) is 2.24. The van der Waals surface area contributed by atoms with Crippen LogP contribution in [0.4, 0.5) is 13.2 Å². The van der Waals surface area contributed by atoms with Crippen molar-refractivity contribution >= 4 is 0 Å². The second-order valence-corrected chi connectivity index (χ2v) is 5.55. The topological polar surface area (TPSA) is 29.5 Å². The largest absolute Gasteiger partial charge is 0.416 e. The number of hydrogen-bond acceptors (Lipinski definition) is 2. The zero-order valence-corrected chi connectivity index (χ0v) is 11.5. The van der Waals surface area contributed by atoms with E-state index in [1.54, 1.807) is 27.7 Å². The Labute approximate surface area is 111 Å². The average molecular weight is 276 g/mol. The van der Waals surface area contributed by atoms with Gasteiger partial charge in [-0.25, -0.2) is 0 Å². The third-order valence-corrected chi connectivity index (χ3v) is 3.35. The zero-order chi connectivity index (χ0) is 14.9. The van der Waals surface area contributed by atoms with Crippen molar-refractivity contribution in [2.24, 2.45) is 0 Å². The van der Waals surface area contributed by atoms with E-state index in [9.17, 15) is 18.3 Å². The molecule has 0 saturated carbocycles. The fourth-order valence-electron chi connectivity index (χ4n) is 1.23. The number of halogens is 3. The Morgan fingerprint density at radius 3 is 1.84 bits per heavy atom. The highest BCUT2D eigenvalue weighted by Crippen LogP contribution is 2.30. The van der Waals surface area contributed by atoms with Gasteiger partial charge in [-0.3, -0.25) is 0 Å². The Morgan fingerprint density at radius 1 is 1.00 bits per heavy atom. The molecule has 0 unspecified atom stereocenters. The summed E-state index contributed by atoms with van der Waals surface area (Å²) in [6.45, 7) is 6.86. The summed E-state index contributed by atoms with van der Waals surface area (Å²) in [4.78, 5) is 0. The Bertz CT molecular complexity index is 414. The smallest absolute Gasteiger partial charge is 0.387 e. The normalized spacial score (nSPS) is 13.7. The molecule has 1 aromatic rings. The molecule has 0 amide bonds. The van der Waals surface area contributed by atoms with Crippen molar-refractivity contribution in [3.63, 3.8) is 0 Å². The van der Waals surface area contributed by atoms with Gasteiger partial charge in [0, 0.05) is 0 Å². The fourth-order valence-corrected chi connectivity index (χ4v) is 1.23. The van der Waals surface area contributed by atoms with E-state index in [2.05, 4.69) is 0 Å². The molecule has 19 heavy (non-hydrogen) atoms. The predicted octanol–water partition coefficient (Wildman–Crippen LogP) is 3.77. The lowest BCUT2D eigenvalue weighted by Crippen LogP contribution is -2.47. The van der Waals surface area contributed by atoms with Crippen LogP contribution in [0.3, 0.4) is 0 Å². The minimum atomic E-state index is -4.33. The van der Waals surface area contributed by atoms with Crippen LogP contribution in [0.5, 0.6) is 0 Å². The maximum atomic E-state index is 12.4. The number of rotatable bonds is 4. The first-order chi connectivity index (χ1) is 8.43. The molecule has 0 spiro atoms. The second kappa shape index (κ2) is 5.13. The van der Waals surface area contributed by atoms with Crippen LogP contribution in [0.1, 0.15) is 38.8 Å². The highest BCUT2D eigenvalue weighted by Gasteiger charge is 2.36. The van der Waals surface area contributed by atoms with Crippen LogP contribution in [0.2, 0.25) is 0 Å². The Hall–Kier alpha value is -1.07.